The van der Waals surface area contributed by atoms with Crippen molar-refractivity contribution in [2.45, 2.75) is 24.3 Å². The largest absolute Gasteiger partial charge is 0.298 e. The van der Waals surface area contributed by atoms with Gasteiger partial charge in [-0.25, -0.2) is 4.18 Å². The molecule has 0 aliphatic carbocycles. The Kier molecular flexibility index (Phi) is 3.56. The molecule has 3 aromatic carbocycles. The summed E-state index contributed by atoms with van der Waals surface area (Å²) in [5.74, 6) is 0. The highest BCUT2D eigenvalue weighted by molar-refractivity contribution is 7.87. The molecule has 25 heavy (non-hydrogen) atoms. The molecule has 4 rings (SSSR count). The topological polar surface area (TPSA) is 43.4 Å². The highest BCUT2D eigenvalue weighted by atomic mass is 32.2. The Bertz CT molecular complexity index is 988. The molecule has 0 N–H and O–H groups in total. The van der Waals surface area contributed by atoms with Crippen LogP contribution < -0.4 is 0 Å². The van der Waals surface area contributed by atoms with E-state index in [-0.39, 0.29) is 4.90 Å². The zero-order valence-corrected chi connectivity index (χ0v) is 14.9. The van der Waals surface area contributed by atoms with Crippen LogP contribution >= 0.6 is 0 Å². The van der Waals surface area contributed by atoms with Crippen molar-refractivity contribution < 1.29 is 12.6 Å². The van der Waals surface area contributed by atoms with E-state index >= 15 is 0 Å². The van der Waals surface area contributed by atoms with Crippen LogP contribution in [0, 0.1) is 13.8 Å². The molecule has 3 aromatic rings. The fourth-order valence-corrected chi connectivity index (χ4v) is 4.81. The SMILES string of the molecule is Cc1ccc(C2(c3ccc(C)cc3)OS(=O)(=O)c3ccccc32)cc1. The van der Waals surface area contributed by atoms with E-state index in [0.29, 0.717) is 5.56 Å². The predicted molar refractivity (Wildman–Crippen MR) is 97.0 cm³/mol. The van der Waals surface area contributed by atoms with Crippen LogP contribution in [0.2, 0.25) is 0 Å². The Morgan fingerprint density at radius 1 is 0.720 bits per heavy atom. The van der Waals surface area contributed by atoms with Gasteiger partial charge >= 0.3 is 0 Å². The Morgan fingerprint density at radius 3 is 1.72 bits per heavy atom. The van der Waals surface area contributed by atoms with Crippen LogP contribution in [-0.4, -0.2) is 8.42 Å². The molecular weight excluding hydrogens is 332 g/mol. The first-order valence-corrected chi connectivity index (χ1v) is 9.54. The van der Waals surface area contributed by atoms with E-state index in [9.17, 15) is 8.42 Å². The second-order valence-electron chi connectivity index (χ2n) is 6.45. The summed E-state index contributed by atoms with van der Waals surface area (Å²) in [6.45, 7) is 4.01. The van der Waals surface area contributed by atoms with Gasteiger partial charge in [0.15, 0.2) is 5.60 Å². The van der Waals surface area contributed by atoms with Gasteiger partial charge in [-0.3, -0.25) is 0 Å². The summed E-state index contributed by atoms with van der Waals surface area (Å²) >= 11 is 0. The normalized spacial score (nSPS) is 17.2. The van der Waals surface area contributed by atoms with E-state index in [1.165, 1.54) is 0 Å². The minimum absolute atomic E-state index is 0.233. The smallest absolute Gasteiger partial charge is 0.245 e. The Balaban J connectivity index is 2.08. The first-order chi connectivity index (χ1) is 11.9. The second-order valence-corrected chi connectivity index (χ2v) is 7.96. The lowest BCUT2D eigenvalue weighted by atomic mass is 9.80. The lowest BCUT2D eigenvalue weighted by molar-refractivity contribution is 0.180. The number of benzene rings is 3. The van der Waals surface area contributed by atoms with Crippen molar-refractivity contribution in [2.75, 3.05) is 0 Å². The standard InChI is InChI=1S/C21H18O3S/c1-15-7-11-17(12-8-15)21(18-13-9-16(2)10-14-18)19-5-3-4-6-20(19)25(22,23)24-21/h3-14H,1-2H3. The molecule has 0 aromatic heterocycles. The van der Waals surface area contributed by atoms with Gasteiger partial charge in [0.1, 0.15) is 4.90 Å². The Morgan fingerprint density at radius 2 is 1.20 bits per heavy atom. The molecule has 3 nitrogen and oxygen atoms in total. The minimum Gasteiger partial charge on any atom is -0.245 e. The van der Waals surface area contributed by atoms with Crippen molar-refractivity contribution in [3.8, 4) is 0 Å². The quantitative estimate of drug-likeness (QED) is 0.647. The third kappa shape index (κ3) is 2.41. The third-order valence-corrected chi connectivity index (χ3v) is 6.05. The monoisotopic (exact) mass is 350 g/mol. The predicted octanol–water partition coefficient (Wildman–Crippen LogP) is 4.31. The van der Waals surface area contributed by atoms with Crippen LogP contribution in [0.4, 0.5) is 0 Å². The molecular formula is C21H18O3S. The average molecular weight is 350 g/mol. The Labute approximate surface area is 148 Å². The van der Waals surface area contributed by atoms with E-state index < -0.39 is 15.7 Å². The van der Waals surface area contributed by atoms with Crippen molar-refractivity contribution in [1.29, 1.82) is 0 Å². The molecule has 0 saturated carbocycles. The van der Waals surface area contributed by atoms with Crippen LogP contribution in [0.3, 0.4) is 0 Å². The van der Waals surface area contributed by atoms with Gasteiger partial charge in [-0.05, 0) is 31.0 Å². The summed E-state index contributed by atoms with van der Waals surface area (Å²) in [7, 11) is -3.83. The molecule has 0 amide bonds. The summed E-state index contributed by atoms with van der Waals surface area (Å²) in [5, 5.41) is 0. The maximum absolute atomic E-state index is 12.7. The summed E-state index contributed by atoms with van der Waals surface area (Å²) < 4.78 is 31.3. The first-order valence-electron chi connectivity index (χ1n) is 8.13. The van der Waals surface area contributed by atoms with Crippen molar-refractivity contribution >= 4 is 10.1 Å². The van der Waals surface area contributed by atoms with Gasteiger partial charge in [-0.1, -0.05) is 77.9 Å². The van der Waals surface area contributed by atoms with E-state index in [4.69, 9.17) is 4.18 Å². The fourth-order valence-electron chi connectivity index (χ4n) is 3.38. The molecule has 0 atom stereocenters. The van der Waals surface area contributed by atoms with Crippen molar-refractivity contribution in [2.24, 2.45) is 0 Å². The minimum atomic E-state index is -3.83. The van der Waals surface area contributed by atoms with Gasteiger partial charge < -0.3 is 0 Å². The number of hydrogen-bond donors (Lipinski definition) is 0. The summed E-state index contributed by atoms with van der Waals surface area (Å²) in [6, 6.07) is 22.7. The molecule has 0 fully saturated rings. The lowest BCUT2D eigenvalue weighted by Crippen LogP contribution is -2.29. The summed E-state index contributed by atoms with van der Waals surface area (Å²) in [5.41, 5.74) is 3.32. The maximum atomic E-state index is 12.7. The van der Waals surface area contributed by atoms with E-state index in [2.05, 4.69) is 0 Å². The van der Waals surface area contributed by atoms with Gasteiger partial charge in [0.2, 0.25) is 0 Å². The number of aryl methyl sites for hydroxylation is 2. The number of fused-ring (bicyclic) bond motifs is 1. The van der Waals surface area contributed by atoms with Gasteiger partial charge in [0, 0.05) is 5.56 Å². The van der Waals surface area contributed by atoms with E-state index in [1.807, 2.05) is 74.5 Å². The van der Waals surface area contributed by atoms with Crippen LogP contribution in [0.5, 0.6) is 0 Å². The molecule has 4 heteroatoms. The van der Waals surface area contributed by atoms with Crippen molar-refractivity contribution in [1.82, 2.24) is 0 Å². The van der Waals surface area contributed by atoms with Gasteiger partial charge in [-0.2, -0.15) is 8.42 Å². The van der Waals surface area contributed by atoms with Gasteiger partial charge in [-0.15, -0.1) is 0 Å². The molecule has 0 bridgehead atoms. The van der Waals surface area contributed by atoms with Crippen molar-refractivity contribution in [3.63, 3.8) is 0 Å². The lowest BCUT2D eigenvalue weighted by Gasteiger charge is -2.29. The first kappa shape index (κ1) is 16.1. The number of rotatable bonds is 2. The Hall–Kier alpha value is -2.43. The maximum Gasteiger partial charge on any atom is 0.298 e. The third-order valence-electron chi connectivity index (χ3n) is 4.69. The molecule has 126 valence electrons. The molecule has 0 spiro atoms. The molecule has 1 aliphatic heterocycles. The van der Waals surface area contributed by atoms with Crippen molar-refractivity contribution in [3.05, 3.63) is 101 Å². The zero-order chi connectivity index (χ0) is 17.7. The molecule has 0 saturated heterocycles. The van der Waals surface area contributed by atoms with Crippen LogP contribution in [0.1, 0.15) is 27.8 Å². The highest BCUT2D eigenvalue weighted by Crippen LogP contribution is 2.50. The van der Waals surface area contributed by atoms with Crippen LogP contribution in [0.15, 0.2) is 77.7 Å². The van der Waals surface area contributed by atoms with E-state index in [1.54, 1.807) is 12.1 Å². The fraction of sp³-hybridized carbons (Fsp3) is 0.143. The molecule has 1 heterocycles. The van der Waals surface area contributed by atoms with E-state index in [0.717, 1.165) is 22.3 Å². The van der Waals surface area contributed by atoms with Crippen LogP contribution in [-0.2, 0) is 19.9 Å². The highest BCUT2D eigenvalue weighted by Gasteiger charge is 2.50. The van der Waals surface area contributed by atoms with Gasteiger partial charge in [0.05, 0.1) is 0 Å². The van der Waals surface area contributed by atoms with Crippen LogP contribution in [0.25, 0.3) is 0 Å². The molecule has 0 radical (unpaired) electrons. The zero-order valence-electron chi connectivity index (χ0n) is 14.1. The summed E-state index contributed by atoms with van der Waals surface area (Å²) in [6.07, 6.45) is 0. The molecule has 1 aliphatic rings. The second kappa shape index (κ2) is 5.55. The summed E-state index contributed by atoms with van der Waals surface area (Å²) in [4.78, 5) is 0.233. The average Bonchev–Trinajstić information content (AvgIpc) is 2.85. The van der Waals surface area contributed by atoms with Gasteiger partial charge in [0.25, 0.3) is 10.1 Å². The molecule has 0 unspecified atom stereocenters. The number of hydrogen-bond acceptors (Lipinski definition) is 3.